The maximum atomic E-state index is 12.4. The first-order valence-electron chi connectivity index (χ1n) is 9.74. The van der Waals surface area contributed by atoms with Gasteiger partial charge in [0.25, 0.3) is 5.22 Å². The van der Waals surface area contributed by atoms with E-state index < -0.39 is 9.84 Å². The third-order valence-corrected chi connectivity index (χ3v) is 7.35. The smallest absolute Gasteiger partial charge is 0.277 e. The van der Waals surface area contributed by atoms with Crippen molar-refractivity contribution in [1.29, 1.82) is 0 Å². The molecule has 4 rings (SSSR count). The van der Waals surface area contributed by atoms with E-state index in [2.05, 4.69) is 15.5 Å². The Bertz CT molecular complexity index is 1150. The number of ether oxygens (including phenoxy) is 1. The molecule has 0 radical (unpaired) electrons. The summed E-state index contributed by atoms with van der Waals surface area (Å²) in [6.45, 7) is 0. The predicted molar refractivity (Wildman–Crippen MR) is 117 cm³/mol. The lowest BCUT2D eigenvalue weighted by molar-refractivity contribution is -0.113. The molecule has 0 spiro atoms. The third kappa shape index (κ3) is 6.08. The first-order chi connectivity index (χ1) is 15.0. The third-order valence-electron chi connectivity index (χ3n) is 4.70. The monoisotopic (exact) mass is 459 g/mol. The predicted octanol–water partition coefficient (Wildman–Crippen LogP) is 3.57. The van der Waals surface area contributed by atoms with Gasteiger partial charge in [0.15, 0.2) is 15.6 Å². The van der Waals surface area contributed by atoms with Crippen LogP contribution < -0.4 is 10.1 Å². The number of benzene rings is 2. The Balaban J connectivity index is 1.30. The van der Waals surface area contributed by atoms with Crippen molar-refractivity contribution in [3.8, 4) is 11.5 Å². The number of nitrogens with zero attached hydrogens (tertiary/aromatic N) is 2. The van der Waals surface area contributed by atoms with Crippen LogP contribution >= 0.6 is 11.8 Å². The SMILES string of the molecule is O=C(CSc1nnc(CC2CCS(=O)(=O)C2)o1)Nc1ccccc1Oc1ccccc1. The van der Waals surface area contributed by atoms with Gasteiger partial charge in [-0.3, -0.25) is 4.79 Å². The molecule has 2 heterocycles. The Kier molecular flexibility index (Phi) is 6.57. The molecule has 1 amide bonds. The van der Waals surface area contributed by atoms with E-state index >= 15 is 0 Å². The highest BCUT2D eigenvalue weighted by Gasteiger charge is 2.29. The summed E-state index contributed by atoms with van der Waals surface area (Å²) < 4.78 is 34.5. The summed E-state index contributed by atoms with van der Waals surface area (Å²) in [6.07, 6.45) is 1.04. The van der Waals surface area contributed by atoms with E-state index in [9.17, 15) is 13.2 Å². The number of sulfone groups is 1. The number of carbonyl (C=O) groups is 1. The normalized spacial score (nSPS) is 17.4. The Morgan fingerprint density at radius 2 is 1.90 bits per heavy atom. The van der Waals surface area contributed by atoms with Gasteiger partial charge in [0, 0.05) is 6.42 Å². The Morgan fingerprint density at radius 1 is 1.13 bits per heavy atom. The topological polar surface area (TPSA) is 111 Å². The number of hydrogen-bond acceptors (Lipinski definition) is 8. The van der Waals surface area contributed by atoms with Crippen LogP contribution in [0.15, 0.2) is 64.2 Å². The molecule has 10 heteroatoms. The highest BCUT2D eigenvalue weighted by molar-refractivity contribution is 7.99. The lowest BCUT2D eigenvalue weighted by Crippen LogP contribution is -2.14. The molecule has 8 nitrogen and oxygen atoms in total. The highest BCUT2D eigenvalue weighted by atomic mass is 32.2. The van der Waals surface area contributed by atoms with E-state index in [1.54, 1.807) is 12.1 Å². The van der Waals surface area contributed by atoms with Crippen LogP contribution in [0.25, 0.3) is 0 Å². The van der Waals surface area contributed by atoms with Crippen LogP contribution in [0.2, 0.25) is 0 Å². The van der Waals surface area contributed by atoms with Gasteiger partial charge in [-0.05, 0) is 36.6 Å². The second kappa shape index (κ2) is 9.52. The molecular weight excluding hydrogens is 438 g/mol. The number of thioether (sulfide) groups is 1. The van der Waals surface area contributed by atoms with Gasteiger partial charge in [-0.1, -0.05) is 42.1 Å². The van der Waals surface area contributed by atoms with Crippen molar-refractivity contribution in [3.05, 3.63) is 60.5 Å². The van der Waals surface area contributed by atoms with Crippen LogP contribution in [-0.4, -0.2) is 41.8 Å². The zero-order valence-electron chi connectivity index (χ0n) is 16.6. The summed E-state index contributed by atoms with van der Waals surface area (Å²) in [6, 6.07) is 16.5. The van der Waals surface area contributed by atoms with Gasteiger partial charge in [0.2, 0.25) is 11.8 Å². The summed E-state index contributed by atoms with van der Waals surface area (Å²) in [4.78, 5) is 12.4. The minimum atomic E-state index is -2.94. The summed E-state index contributed by atoms with van der Waals surface area (Å²) >= 11 is 1.12. The number of aromatic nitrogens is 2. The van der Waals surface area contributed by atoms with Gasteiger partial charge >= 0.3 is 0 Å². The molecule has 1 aliphatic rings. The standard InChI is InChI=1S/C21H21N3O5S2/c25-19(22-17-8-4-5-9-18(17)28-16-6-2-1-3-7-16)13-30-21-24-23-20(29-21)12-15-10-11-31(26,27)14-15/h1-9,15H,10-14H2,(H,22,25). The lowest BCUT2D eigenvalue weighted by Gasteiger charge is -2.11. The molecule has 1 aliphatic heterocycles. The van der Waals surface area contributed by atoms with Gasteiger partial charge < -0.3 is 14.5 Å². The lowest BCUT2D eigenvalue weighted by atomic mass is 10.1. The van der Waals surface area contributed by atoms with Crippen molar-refractivity contribution < 1.29 is 22.4 Å². The van der Waals surface area contributed by atoms with Crippen LogP contribution in [0.1, 0.15) is 12.3 Å². The molecule has 0 aliphatic carbocycles. The maximum Gasteiger partial charge on any atom is 0.277 e. The summed E-state index contributed by atoms with van der Waals surface area (Å²) in [5, 5.41) is 11.0. The van der Waals surface area contributed by atoms with Crippen LogP contribution in [-0.2, 0) is 21.1 Å². The van der Waals surface area contributed by atoms with Gasteiger partial charge in [-0.15, -0.1) is 10.2 Å². The number of nitrogens with one attached hydrogen (secondary N) is 1. The van der Waals surface area contributed by atoms with E-state index in [-0.39, 0.29) is 34.3 Å². The van der Waals surface area contributed by atoms with Gasteiger partial charge in [-0.2, -0.15) is 0 Å². The molecule has 1 fully saturated rings. The molecule has 162 valence electrons. The Hall–Kier alpha value is -2.85. The molecule has 1 aromatic heterocycles. The number of para-hydroxylation sites is 3. The van der Waals surface area contributed by atoms with Gasteiger partial charge in [-0.25, -0.2) is 8.42 Å². The highest BCUT2D eigenvalue weighted by Crippen LogP contribution is 2.29. The molecule has 1 atom stereocenters. The number of amides is 1. The molecule has 2 aromatic carbocycles. The van der Waals surface area contributed by atoms with Crippen LogP contribution in [0.4, 0.5) is 5.69 Å². The van der Waals surface area contributed by atoms with Crippen LogP contribution in [0, 0.1) is 5.92 Å². The number of rotatable bonds is 8. The quantitative estimate of drug-likeness (QED) is 0.509. The van der Waals surface area contributed by atoms with E-state index in [0.717, 1.165) is 11.8 Å². The van der Waals surface area contributed by atoms with Gasteiger partial charge in [0.05, 0.1) is 22.9 Å². The molecule has 1 N–H and O–H groups in total. The second-order valence-electron chi connectivity index (χ2n) is 7.18. The average Bonchev–Trinajstić information content (AvgIpc) is 3.34. The molecule has 1 saturated heterocycles. The van der Waals surface area contributed by atoms with Crippen molar-refractivity contribution in [1.82, 2.24) is 10.2 Å². The molecule has 1 unspecified atom stereocenters. The van der Waals surface area contributed by atoms with Crippen LogP contribution in [0.5, 0.6) is 11.5 Å². The average molecular weight is 460 g/mol. The minimum absolute atomic E-state index is 0.00714. The van der Waals surface area contributed by atoms with Crippen LogP contribution in [0.3, 0.4) is 0 Å². The molecule has 31 heavy (non-hydrogen) atoms. The number of hydrogen-bond donors (Lipinski definition) is 1. The second-order valence-corrected chi connectivity index (χ2v) is 10.3. The summed E-state index contributed by atoms with van der Waals surface area (Å²) in [7, 11) is -2.94. The summed E-state index contributed by atoms with van der Waals surface area (Å²) in [5.74, 6) is 1.83. The summed E-state index contributed by atoms with van der Waals surface area (Å²) in [5.41, 5.74) is 0.561. The Labute approximate surface area is 184 Å². The number of anilines is 1. The Morgan fingerprint density at radius 3 is 2.68 bits per heavy atom. The minimum Gasteiger partial charge on any atom is -0.455 e. The fourth-order valence-corrected chi connectivity index (χ4v) is 5.69. The largest absolute Gasteiger partial charge is 0.455 e. The van der Waals surface area contributed by atoms with Crippen molar-refractivity contribution >= 4 is 33.2 Å². The fourth-order valence-electron chi connectivity index (χ4n) is 3.25. The van der Waals surface area contributed by atoms with Crippen molar-refractivity contribution in [2.24, 2.45) is 5.92 Å². The molecule has 0 saturated carbocycles. The van der Waals surface area contributed by atoms with Gasteiger partial charge in [0.1, 0.15) is 5.75 Å². The molecular formula is C21H21N3O5S2. The zero-order chi connectivity index (χ0) is 21.7. The fraction of sp³-hybridized carbons (Fsp3) is 0.286. The van der Waals surface area contributed by atoms with E-state index in [0.29, 0.717) is 35.9 Å². The number of carbonyl (C=O) groups excluding carboxylic acids is 1. The van der Waals surface area contributed by atoms with E-state index in [4.69, 9.17) is 9.15 Å². The molecule has 3 aromatic rings. The first kappa shape index (κ1) is 21.4. The molecule has 0 bridgehead atoms. The van der Waals surface area contributed by atoms with Crippen molar-refractivity contribution in [2.75, 3.05) is 22.6 Å². The van der Waals surface area contributed by atoms with E-state index in [1.807, 2.05) is 42.5 Å². The first-order valence-corrected chi connectivity index (χ1v) is 12.5. The maximum absolute atomic E-state index is 12.4. The van der Waals surface area contributed by atoms with Crippen molar-refractivity contribution in [2.45, 2.75) is 18.1 Å². The zero-order valence-corrected chi connectivity index (χ0v) is 18.2. The van der Waals surface area contributed by atoms with E-state index in [1.165, 1.54) is 0 Å². The van der Waals surface area contributed by atoms with Crippen molar-refractivity contribution in [3.63, 3.8) is 0 Å².